The predicted octanol–water partition coefficient (Wildman–Crippen LogP) is 0.818. The Kier molecular flexibility index (Phi) is 1.86. The monoisotopic (exact) mass is 172 g/mol. The van der Waals surface area contributed by atoms with Crippen molar-refractivity contribution in [1.82, 2.24) is 0 Å². The first-order valence-electron chi connectivity index (χ1n) is 3.86. The summed E-state index contributed by atoms with van der Waals surface area (Å²) in [4.78, 5) is 21.1. The van der Waals surface area contributed by atoms with Crippen LogP contribution in [0.15, 0.2) is 0 Å². The van der Waals surface area contributed by atoms with Crippen molar-refractivity contribution in [2.75, 3.05) is 0 Å². The van der Waals surface area contributed by atoms with E-state index in [0.717, 1.165) is 0 Å². The first-order chi connectivity index (χ1) is 5.39. The summed E-state index contributed by atoms with van der Waals surface area (Å²) in [6.07, 6.45) is 0.482. The van der Waals surface area contributed by atoms with Crippen LogP contribution in [-0.2, 0) is 9.59 Å². The van der Waals surface area contributed by atoms with Gasteiger partial charge in [-0.05, 0) is 19.3 Å². The Morgan fingerprint density at radius 1 is 1.50 bits per heavy atom. The molecule has 1 aliphatic rings. The fraction of sp³-hybridized carbons (Fsp3) is 0.750. The smallest absolute Gasteiger partial charge is 0.309 e. The van der Waals surface area contributed by atoms with Crippen molar-refractivity contribution in [3.8, 4) is 0 Å². The molecule has 4 heteroatoms. The van der Waals surface area contributed by atoms with Gasteiger partial charge in [-0.15, -0.1) is 0 Å². The van der Waals surface area contributed by atoms with Crippen LogP contribution < -0.4 is 0 Å². The van der Waals surface area contributed by atoms with Gasteiger partial charge in [0, 0.05) is 0 Å². The van der Waals surface area contributed by atoms with E-state index in [1.807, 2.05) is 0 Å². The maximum absolute atomic E-state index is 10.6. The Bertz CT molecular complexity index is 235. The highest BCUT2D eigenvalue weighted by atomic mass is 16.4. The molecule has 1 fully saturated rings. The zero-order chi connectivity index (χ0) is 9.52. The van der Waals surface area contributed by atoms with E-state index in [9.17, 15) is 9.59 Å². The second-order valence-corrected chi connectivity index (χ2v) is 3.66. The molecule has 0 heterocycles. The molecular formula is C8H12O4. The quantitative estimate of drug-likeness (QED) is 0.660. The van der Waals surface area contributed by atoms with Crippen molar-refractivity contribution < 1.29 is 19.8 Å². The lowest BCUT2D eigenvalue weighted by Crippen LogP contribution is -2.20. The van der Waals surface area contributed by atoms with Crippen molar-refractivity contribution in [3.63, 3.8) is 0 Å². The van der Waals surface area contributed by atoms with Crippen LogP contribution in [0.25, 0.3) is 0 Å². The van der Waals surface area contributed by atoms with Gasteiger partial charge in [0.05, 0.1) is 11.3 Å². The van der Waals surface area contributed by atoms with Crippen molar-refractivity contribution >= 4 is 11.9 Å². The van der Waals surface area contributed by atoms with Gasteiger partial charge in [-0.1, -0.05) is 6.92 Å². The minimum Gasteiger partial charge on any atom is -0.481 e. The van der Waals surface area contributed by atoms with E-state index < -0.39 is 23.3 Å². The molecule has 2 N–H and O–H groups in total. The number of hydrogen-bond donors (Lipinski definition) is 2. The molecular weight excluding hydrogens is 160 g/mol. The minimum absolute atomic E-state index is 0.201. The average Bonchev–Trinajstić information content (AvgIpc) is 2.62. The van der Waals surface area contributed by atoms with Gasteiger partial charge in [-0.3, -0.25) is 9.59 Å². The van der Waals surface area contributed by atoms with Gasteiger partial charge in [0.1, 0.15) is 0 Å². The van der Waals surface area contributed by atoms with Gasteiger partial charge in [0.2, 0.25) is 0 Å². The molecule has 12 heavy (non-hydrogen) atoms. The number of hydrogen-bond acceptors (Lipinski definition) is 2. The van der Waals surface area contributed by atoms with Crippen molar-refractivity contribution in [2.45, 2.75) is 20.3 Å². The Balaban J connectivity index is 2.63. The molecule has 0 aromatic heterocycles. The van der Waals surface area contributed by atoms with Gasteiger partial charge in [-0.25, -0.2) is 0 Å². The van der Waals surface area contributed by atoms with Crippen LogP contribution in [0.2, 0.25) is 0 Å². The summed E-state index contributed by atoms with van der Waals surface area (Å²) in [5.41, 5.74) is -0.794. The molecule has 1 saturated carbocycles. The molecule has 68 valence electrons. The molecule has 3 unspecified atom stereocenters. The first-order valence-corrected chi connectivity index (χ1v) is 3.86. The van der Waals surface area contributed by atoms with E-state index in [1.54, 1.807) is 13.8 Å². The summed E-state index contributed by atoms with van der Waals surface area (Å²) >= 11 is 0. The molecule has 0 spiro atoms. The molecule has 0 saturated heterocycles. The largest absolute Gasteiger partial charge is 0.481 e. The lowest BCUT2D eigenvalue weighted by Gasteiger charge is -2.07. The standard InChI is InChI=1S/C8H12O4/c1-4(6(9)10)5-3-8(5,2)7(11)12/h4-5H,3H2,1-2H3,(H,9,10)(H,11,12). The van der Waals surface area contributed by atoms with E-state index >= 15 is 0 Å². The van der Waals surface area contributed by atoms with Gasteiger partial charge < -0.3 is 10.2 Å². The van der Waals surface area contributed by atoms with Gasteiger partial charge in [0.25, 0.3) is 0 Å². The number of carbonyl (C=O) groups is 2. The average molecular weight is 172 g/mol. The molecule has 0 amide bonds. The van der Waals surface area contributed by atoms with E-state index in [0.29, 0.717) is 6.42 Å². The Labute approximate surface area is 70.2 Å². The van der Waals surface area contributed by atoms with E-state index in [2.05, 4.69) is 0 Å². The molecule has 0 bridgehead atoms. The number of carboxylic acids is 2. The Morgan fingerprint density at radius 2 is 2.00 bits per heavy atom. The summed E-state index contributed by atoms with van der Waals surface area (Å²) in [5, 5.41) is 17.3. The number of carboxylic acid groups (broad SMARTS) is 2. The zero-order valence-electron chi connectivity index (χ0n) is 7.07. The SMILES string of the molecule is CC(C(=O)O)C1CC1(C)C(=O)O. The van der Waals surface area contributed by atoms with E-state index in [-0.39, 0.29) is 5.92 Å². The highest BCUT2D eigenvalue weighted by Gasteiger charge is 2.59. The fourth-order valence-electron chi connectivity index (χ4n) is 1.54. The van der Waals surface area contributed by atoms with Gasteiger partial charge >= 0.3 is 11.9 Å². The molecule has 4 nitrogen and oxygen atoms in total. The highest BCUT2D eigenvalue weighted by Crippen LogP contribution is 2.56. The van der Waals surface area contributed by atoms with Crippen molar-refractivity contribution in [3.05, 3.63) is 0 Å². The maximum Gasteiger partial charge on any atom is 0.309 e. The van der Waals surface area contributed by atoms with E-state index in [1.165, 1.54) is 0 Å². The van der Waals surface area contributed by atoms with E-state index in [4.69, 9.17) is 10.2 Å². The number of aliphatic carboxylic acids is 2. The van der Waals surface area contributed by atoms with Crippen LogP contribution in [0, 0.1) is 17.3 Å². The summed E-state index contributed by atoms with van der Waals surface area (Å²) in [6.45, 7) is 3.15. The van der Waals surface area contributed by atoms with Crippen LogP contribution in [0.4, 0.5) is 0 Å². The molecule has 1 aliphatic carbocycles. The maximum atomic E-state index is 10.6. The second-order valence-electron chi connectivity index (χ2n) is 3.66. The van der Waals surface area contributed by atoms with Gasteiger partial charge in [0.15, 0.2) is 0 Å². The topological polar surface area (TPSA) is 74.6 Å². The first kappa shape index (κ1) is 9.03. The molecule has 0 aromatic carbocycles. The summed E-state index contributed by atoms with van der Waals surface area (Å²) in [5.74, 6) is -2.55. The predicted molar refractivity (Wildman–Crippen MR) is 40.6 cm³/mol. The molecule has 1 rings (SSSR count). The normalized spacial score (nSPS) is 35.7. The van der Waals surface area contributed by atoms with Crippen LogP contribution in [0.3, 0.4) is 0 Å². The lowest BCUT2D eigenvalue weighted by atomic mass is 9.98. The lowest BCUT2D eigenvalue weighted by molar-refractivity contribution is -0.145. The second kappa shape index (κ2) is 2.47. The third-order valence-electron chi connectivity index (χ3n) is 2.78. The third kappa shape index (κ3) is 1.17. The third-order valence-corrected chi connectivity index (χ3v) is 2.78. The van der Waals surface area contributed by atoms with Crippen LogP contribution in [0.1, 0.15) is 20.3 Å². The zero-order valence-corrected chi connectivity index (χ0v) is 7.07. The molecule has 3 atom stereocenters. The van der Waals surface area contributed by atoms with Crippen LogP contribution >= 0.6 is 0 Å². The minimum atomic E-state index is -0.912. The summed E-state index contributed by atoms with van der Waals surface area (Å²) < 4.78 is 0. The molecule has 0 radical (unpaired) electrons. The summed E-state index contributed by atoms with van der Waals surface area (Å²) in [7, 11) is 0. The van der Waals surface area contributed by atoms with Gasteiger partial charge in [-0.2, -0.15) is 0 Å². The number of rotatable bonds is 3. The van der Waals surface area contributed by atoms with Crippen molar-refractivity contribution in [2.24, 2.45) is 17.3 Å². The Morgan fingerprint density at radius 3 is 2.25 bits per heavy atom. The van der Waals surface area contributed by atoms with Crippen molar-refractivity contribution in [1.29, 1.82) is 0 Å². The fourth-order valence-corrected chi connectivity index (χ4v) is 1.54. The highest BCUT2D eigenvalue weighted by molar-refractivity contribution is 5.81. The Hall–Kier alpha value is -1.06. The molecule has 0 aliphatic heterocycles. The van der Waals surface area contributed by atoms with Crippen LogP contribution in [0.5, 0.6) is 0 Å². The summed E-state index contributed by atoms with van der Waals surface area (Å²) in [6, 6.07) is 0. The van der Waals surface area contributed by atoms with Crippen LogP contribution in [-0.4, -0.2) is 22.2 Å². The molecule has 0 aromatic rings.